The predicted octanol–water partition coefficient (Wildman–Crippen LogP) is 5.23. The standard InChI is InChI=1S/C18H20O2/c19-16-7-4-8-18(13-16)20-17-11-9-15(10-12-17)14-5-2-1-3-6-14/h4,7-14,19H,1-3,5-6H2. The summed E-state index contributed by atoms with van der Waals surface area (Å²) in [7, 11) is 0. The second kappa shape index (κ2) is 6.00. The number of phenols is 1. The minimum absolute atomic E-state index is 0.223. The number of aromatic hydroxyl groups is 1. The highest BCUT2D eigenvalue weighted by molar-refractivity contribution is 5.37. The van der Waals surface area contributed by atoms with Crippen LogP contribution in [0, 0.1) is 0 Å². The van der Waals surface area contributed by atoms with Crippen molar-refractivity contribution in [2.24, 2.45) is 0 Å². The first-order valence-corrected chi connectivity index (χ1v) is 7.38. The van der Waals surface area contributed by atoms with Crippen molar-refractivity contribution in [3.63, 3.8) is 0 Å². The van der Waals surface area contributed by atoms with E-state index < -0.39 is 0 Å². The van der Waals surface area contributed by atoms with Crippen LogP contribution in [0.2, 0.25) is 0 Å². The van der Waals surface area contributed by atoms with Crippen LogP contribution in [0.3, 0.4) is 0 Å². The molecule has 1 saturated carbocycles. The van der Waals surface area contributed by atoms with Crippen LogP contribution in [0.1, 0.15) is 43.6 Å². The molecule has 2 heteroatoms. The first kappa shape index (κ1) is 13.0. The van der Waals surface area contributed by atoms with Gasteiger partial charge in [0.25, 0.3) is 0 Å². The largest absolute Gasteiger partial charge is 0.508 e. The summed E-state index contributed by atoms with van der Waals surface area (Å²) in [6.07, 6.45) is 6.72. The van der Waals surface area contributed by atoms with Crippen molar-refractivity contribution in [3.8, 4) is 17.2 Å². The molecule has 0 saturated heterocycles. The summed E-state index contributed by atoms with van der Waals surface area (Å²) < 4.78 is 5.74. The Morgan fingerprint density at radius 1 is 0.850 bits per heavy atom. The molecule has 0 radical (unpaired) electrons. The third-order valence-electron chi connectivity index (χ3n) is 4.01. The molecule has 0 spiro atoms. The van der Waals surface area contributed by atoms with Gasteiger partial charge in [-0.2, -0.15) is 0 Å². The second-order valence-corrected chi connectivity index (χ2v) is 5.50. The van der Waals surface area contributed by atoms with E-state index in [1.54, 1.807) is 18.2 Å². The van der Waals surface area contributed by atoms with E-state index in [2.05, 4.69) is 12.1 Å². The van der Waals surface area contributed by atoms with Crippen LogP contribution in [0.25, 0.3) is 0 Å². The first-order chi connectivity index (χ1) is 9.81. The van der Waals surface area contributed by atoms with E-state index in [0.29, 0.717) is 5.75 Å². The molecule has 0 amide bonds. The van der Waals surface area contributed by atoms with Crippen molar-refractivity contribution < 1.29 is 9.84 Å². The highest BCUT2D eigenvalue weighted by Gasteiger charge is 2.15. The quantitative estimate of drug-likeness (QED) is 0.825. The van der Waals surface area contributed by atoms with Crippen LogP contribution >= 0.6 is 0 Å². The van der Waals surface area contributed by atoms with Crippen LogP contribution in [-0.2, 0) is 0 Å². The molecular weight excluding hydrogens is 248 g/mol. The Bertz CT molecular complexity index is 554. The second-order valence-electron chi connectivity index (χ2n) is 5.50. The van der Waals surface area contributed by atoms with Gasteiger partial charge < -0.3 is 9.84 Å². The smallest absolute Gasteiger partial charge is 0.131 e. The zero-order valence-electron chi connectivity index (χ0n) is 11.6. The molecule has 104 valence electrons. The monoisotopic (exact) mass is 268 g/mol. The molecule has 1 fully saturated rings. The molecular formula is C18H20O2. The van der Waals surface area contributed by atoms with Gasteiger partial charge in [-0.25, -0.2) is 0 Å². The van der Waals surface area contributed by atoms with Gasteiger partial charge in [0.15, 0.2) is 0 Å². The van der Waals surface area contributed by atoms with Crippen LogP contribution < -0.4 is 4.74 Å². The molecule has 2 aromatic rings. The van der Waals surface area contributed by atoms with E-state index in [0.717, 1.165) is 11.7 Å². The van der Waals surface area contributed by atoms with E-state index in [-0.39, 0.29) is 5.75 Å². The van der Waals surface area contributed by atoms with Gasteiger partial charge in [0, 0.05) is 6.07 Å². The Balaban J connectivity index is 1.69. The minimum Gasteiger partial charge on any atom is -0.508 e. The summed E-state index contributed by atoms with van der Waals surface area (Å²) in [6, 6.07) is 15.3. The lowest BCUT2D eigenvalue weighted by molar-refractivity contribution is 0.441. The fraction of sp³-hybridized carbons (Fsp3) is 0.333. The summed E-state index contributed by atoms with van der Waals surface area (Å²) >= 11 is 0. The maximum absolute atomic E-state index is 9.43. The average Bonchev–Trinajstić information content (AvgIpc) is 2.49. The summed E-state index contributed by atoms with van der Waals surface area (Å²) in [6.45, 7) is 0. The van der Waals surface area contributed by atoms with Gasteiger partial charge in [-0.05, 0) is 48.6 Å². The van der Waals surface area contributed by atoms with Gasteiger partial charge in [0.05, 0.1) is 0 Å². The summed E-state index contributed by atoms with van der Waals surface area (Å²) in [5.41, 5.74) is 1.42. The van der Waals surface area contributed by atoms with Gasteiger partial charge in [-0.3, -0.25) is 0 Å². The Kier molecular flexibility index (Phi) is 3.91. The fourth-order valence-corrected chi connectivity index (χ4v) is 2.93. The van der Waals surface area contributed by atoms with Crippen LogP contribution in [-0.4, -0.2) is 5.11 Å². The summed E-state index contributed by atoms with van der Waals surface area (Å²) in [4.78, 5) is 0. The molecule has 1 N–H and O–H groups in total. The molecule has 0 bridgehead atoms. The lowest BCUT2D eigenvalue weighted by Crippen LogP contribution is -2.04. The Morgan fingerprint density at radius 3 is 2.30 bits per heavy atom. The van der Waals surface area contributed by atoms with E-state index in [9.17, 15) is 5.11 Å². The van der Waals surface area contributed by atoms with Crippen LogP contribution in [0.5, 0.6) is 17.2 Å². The number of hydrogen-bond acceptors (Lipinski definition) is 2. The SMILES string of the molecule is Oc1cccc(Oc2ccc(C3CCCCC3)cc2)c1. The predicted molar refractivity (Wildman–Crippen MR) is 80.4 cm³/mol. The van der Waals surface area contributed by atoms with Crippen molar-refractivity contribution in [1.29, 1.82) is 0 Å². The van der Waals surface area contributed by atoms with Gasteiger partial charge in [-0.1, -0.05) is 37.5 Å². The highest BCUT2D eigenvalue weighted by Crippen LogP contribution is 2.34. The van der Waals surface area contributed by atoms with E-state index in [1.807, 2.05) is 18.2 Å². The van der Waals surface area contributed by atoms with Crippen molar-refractivity contribution in [3.05, 3.63) is 54.1 Å². The van der Waals surface area contributed by atoms with Gasteiger partial charge in [-0.15, -0.1) is 0 Å². The molecule has 2 aromatic carbocycles. The van der Waals surface area contributed by atoms with Gasteiger partial charge >= 0.3 is 0 Å². The maximum atomic E-state index is 9.43. The highest BCUT2D eigenvalue weighted by atomic mass is 16.5. The van der Waals surface area contributed by atoms with Crippen LogP contribution in [0.15, 0.2) is 48.5 Å². The molecule has 3 rings (SSSR count). The maximum Gasteiger partial charge on any atom is 0.131 e. The Hall–Kier alpha value is -1.96. The lowest BCUT2D eigenvalue weighted by Gasteiger charge is -2.22. The topological polar surface area (TPSA) is 29.5 Å². The third kappa shape index (κ3) is 3.13. The zero-order chi connectivity index (χ0) is 13.8. The summed E-state index contributed by atoms with van der Waals surface area (Å²) in [5.74, 6) is 2.42. The number of hydrogen-bond donors (Lipinski definition) is 1. The number of phenolic OH excluding ortho intramolecular Hbond substituents is 1. The molecule has 2 nitrogen and oxygen atoms in total. The van der Waals surface area contributed by atoms with E-state index in [1.165, 1.54) is 37.7 Å². The van der Waals surface area contributed by atoms with Crippen molar-refractivity contribution >= 4 is 0 Å². The van der Waals surface area contributed by atoms with Crippen molar-refractivity contribution in [2.75, 3.05) is 0 Å². The molecule has 20 heavy (non-hydrogen) atoms. The molecule has 0 heterocycles. The summed E-state index contributed by atoms with van der Waals surface area (Å²) in [5, 5.41) is 9.43. The van der Waals surface area contributed by atoms with Gasteiger partial charge in [0.2, 0.25) is 0 Å². The molecule has 0 aliphatic heterocycles. The fourth-order valence-electron chi connectivity index (χ4n) is 2.93. The third-order valence-corrected chi connectivity index (χ3v) is 4.01. The zero-order valence-corrected chi connectivity index (χ0v) is 11.6. The molecule has 0 unspecified atom stereocenters. The van der Waals surface area contributed by atoms with Crippen molar-refractivity contribution in [1.82, 2.24) is 0 Å². The number of benzene rings is 2. The van der Waals surface area contributed by atoms with Gasteiger partial charge in [0.1, 0.15) is 17.2 Å². The lowest BCUT2D eigenvalue weighted by atomic mass is 9.84. The number of ether oxygens (including phenoxy) is 1. The number of rotatable bonds is 3. The Labute approximate surface area is 120 Å². The van der Waals surface area contributed by atoms with Crippen LogP contribution in [0.4, 0.5) is 0 Å². The molecule has 0 aromatic heterocycles. The average molecular weight is 268 g/mol. The minimum atomic E-state index is 0.223. The molecule has 0 atom stereocenters. The van der Waals surface area contributed by atoms with E-state index >= 15 is 0 Å². The molecule has 1 aliphatic rings. The normalized spacial score (nSPS) is 16.0. The first-order valence-electron chi connectivity index (χ1n) is 7.38. The van der Waals surface area contributed by atoms with E-state index in [4.69, 9.17) is 4.74 Å². The Morgan fingerprint density at radius 2 is 1.60 bits per heavy atom. The molecule has 1 aliphatic carbocycles. The van der Waals surface area contributed by atoms with Crippen molar-refractivity contribution in [2.45, 2.75) is 38.0 Å².